The van der Waals surface area contributed by atoms with E-state index in [0.717, 1.165) is 0 Å². The molecule has 0 saturated heterocycles. The Morgan fingerprint density at radius 3 is 3.17 bits per heavy atom. The second-order valence-electron chi connectivity index (χ2n) is 2.21. The molecule has 1 aromatic rings. The summed E-state index contributed by atoms with van der Waals surface area (Å²) in [7, 11) is 1.58. The van der Waals surface area contributed by atoms with Gasteiger partial charge in [0.1, 0.15) is 0 Å². The van der Waals surface area contributed by atoms with Crippen LogP contribution in [0.1, 0.15) is 0 Å². The van der Waals surface area contributed by atoms with E-state index in [1.165, 1.54) is 10.8 Å². The average Bonchev–Trinajstić information content (AvgIpc) is 2.08. The molecular formula is C7H9ClN2O2. The fourth-order valence-electron chi connectivity index (χ4n) is 0.786. The molecule has 0 N–H and O–H groups in total. The van der Waals surface area contributed by atoms with Crippen LogP contribution in [0.3, 0.4) is 0 Å². The number of methoxy groups -OCH3 is 1. The Balaban J connectivity index is 2.85. The zero-order valence-corrected chi connectivity index (χ0v) is 7.41. The molecular weight excluding hydrogens is 180 g/mol. The minimum Gasteiger partial charge on any atom is -0.383 e. The summed E-state index contributed by atoms with van der Waals surface area (Å²) in [4.78, 5) is 14.8. The first kappa shape index (κ1) is 9.22. The molecule has 0 bridgehead atoms. The Bertz CT molecular complexity index is 311. The third-order valence-corrected chi connectivity index (χ3v) is 1.67. The molecule has 5 heteroatoms. The van der Waals surface area contributed by atoms with Crippen LogP contribution in [0.4, 0.5) is 0 Å². The van der Waals surface area contributed by atoms with Crippen molar-refractivity contribution >= 4 is 11.6 Å². The van der Waals surface area contributed by atoms with E-state index < -0.39 is 0 Å². The summed E-state index contributed by atoms with van der Waals surface area (Å²) in [5, 5.41) is -0.00592. The van der Waals surface area contributed by atoms with E-state index in [9.17, 15) is 4.79 Å². The molecule has 0 saturated carbocycles. The van der Waals surface area contributed by atoms with Crippen molar-refractivity contribution in [2.24, 2.45) is 0 Å². The van der Waals surface area contributed by atoms with Crippen molar-refractivity contribution in [1.29, 1.82) is 0 Å². The summed E-state index contributed by atoms with van der Waals surface area (Å²) in [6, 6.07) is 0. The fraction of sp³-hybridized carbons (Fsp3) is 0.429. The summed E-state index contributed by atoms with van der Waals surface area (Å²) in [5.41, 5.74) is -0.281. The standard InChI is InChI=1S/C7H9ClN2O2/c1-12-5-4-10-3-2-9-6(8)7(10)11/h2-3H,4-5H2,1H3. The van der Waals surface area contributed by atoms with E-state index in [1.807, 2.05) is 0 Å². The summed E-state index contributed by atoms with van der Waals surface area (Å²) in [6.45, 7) is 0.984. The zero-order chi connectivity index (χ0) is 8.97. The molecule has 12 heavy (non-hydrogen) atoms. The second-order valence-corrected chi connectivity index (χ2v) is 2.57. The highest BCUT2D eigenvalue weighted by Crippen LogP contribution is 1.92. The van der Waals surface area contributed by atoms with Crippen LogP contribution < -0.4 is 5.56 Å². The molecule has 1 aromatic heterocycles. The Hall–Kier alpha value is -0.870. The van der Waals surface area contributed by atoms with Gasteiger partial charge in [0.2, 0.25) is 0 Å². The Morgan fingerprint density at radius 2 is 2.50 bits per heavy atom. The number of ether oxygens (including phenoxy) is 1. The fourth-order valence-corrected chi connectivity index (χ4v) is 0.951. The van der Waals surface area contributed by atoms with Gasteiger partial charge in [0.05, 0.1) is 6.61 Å². The Labute approximate surface area is 74.8 Å². The smallest absolute Gasteiger partial charge is 0.288 e. The molecule has 1 rings (SSSR count). The van der Waals surface area contributed by atoms with Crippen molar-refractivity contribution in [3.63, 3.8) is 0 Å². The van der Waals surface area contributed by atoms with Gasteiger partial charge in [-0.05, 0) is 0 Å². The van der Waals surface area contributed by atoms with Crippen LogP contribution in [0.15, 0.2) is 17.2 Å². The monoisotopic (exact) mass is 188 g/mol. The lowest BCUT2D eigenvalue weighted by Crippen LogP contribution is -2.22. The topological polar surface area (TPSA) is 44.1 Å². The lowest BCUT2D eigenvalue weighted by atomic mass is 10.6. The average molecular weight is 189 g/mol. The highest BCUT2D eigenvalue weighted by Gasteiger charge is 1.99. The van der Waals surface area contributed by atoms with Crippen LogP contribution in [0, 0.1) is 0 Å². The van der Waals surface area contributed by atoms with E-state index >= 15 is 0 Å². The van der Waals surface area contributed by atoms with Crippen molar-refractivity contribution in [2.75, 3.05) is 13.7 Å². The van der Waals surface area contributed by atoms with Crippen LogP contribution in [0.2, 0.25) is 5.15 Å². The molecule has 0 atom stereocenters. The maximum Gasteiger partial charge on any atom is 0.288 e. The maximum atomic E-state index is 11.2. The van der Waals surface area contributed by atoms with Crippen LogP contribution in [0.25, 0.3) is 0 Å². The molecule has 0 aliphatic heterocycles. The quantitative estimate of drug-likeness (QED) is 0.696. The molecule has 0 aromatic carbocycles. The maximum absolute atomic E-state index is 11.2. The van der Waals surface area contributed by atoms with Crippen LogP contribution in [-0.4, -0.2) is 23.3 Å². The largest absolute Gasteiger partial charge is 0.383 e. The third-order valence-electron chi connectivity index (χ3n) is 1.41. The van der Waals surface area contributed by atoms with Crippen molar-refractivity contribution < 1.29 is 4.74 Å². The van der Waals surface area contributed by atoms with Crippen LogP contribution in [-0.2, 0) is 11.3 Å². The van der Waals surface area contributed by atoms with E-state index in [2.05, 4.69) is 4.98 Å². The van der Waals surface area contributed by atoms with E-state index in [-0.39, 0.29) is 10.7 Å². The van der Waals surface area contributed by atoms with Crippen LogP contribution >= 0.6 is 11.6 Å². The summed E-state index contributed by atoms with van der Waals surface area (Å²) in [5.74, 6) is 0. The molecule has 0 radical (unpaired) electrons. The van der Waals surface area contributed by atoms with Gasteiger partial charge in [0.25, 0.3) is 5.56 Å². The first-order valence-electron chi connectivity index (χ1n) is 3.45. The lowest BCUT2D eigenvalue weighted by molar-refractivity contribution is 0.186. The molecule has 0 fully saturated rings. The summed E-state index contributed by atoms with van der Waals surface area (Å²) < 4.78 is 6.27. The van der Waals surface area contributed by atoms with E-state index in [1.54, 1.807) is 13.3 Å². The highest BCUT2D eigenvalue weighted by atomic mass is 35.5. The summed E-state index contributed by atoms with van der Waals surface area (Å²) in [6.07, 6.45) is 3.06. The number of rotatable bonds is 3. The minimum atomic E-state index is -0.281. The molecule has 0 aliphatic carbocycles. The summed E-state index contributed by atoms with van der Waals surface area (Å²) >= 11 is 5.51. The predicted molar refractivity (Wildman–Crippen MR) is 45.4 cm³/mol. The SMILES string of the molecule is COCCn1ccnc(Cl)c1=O. The normalized spacial score (nSPS) is 10.2. The minimum absolute atomic E-state index is 0.00592. The van der Waals surface area contributed by atoms with Crippen molar-refractivity contribution in [3.05, 3.63) is 27.9 Å². The van der Waals surface area contributed by atoms with E-state index in [4.69, 9.17) is 16.3 Å². The first-order chi connectivity index (χ1) is 5.75. The van der Waals surface area contributed by atoms with Gasteiger partial charge in [-0.3, -0.25) is 4.79 Å². The van der Waals surface area contributed by atoms with E-state index in [0.29, 0.717) is 13.2 Å². The van der Waals surface area contributed by atoms with Gasteiger partial charge >= 0.3 is 0 Å². The number of hydrogen-bond acceptors (Lipinski definition) is 3. The Morgan fingerprint density at radius 1 is 1.75 bits per heavy atom. The van der Waals surface area contributed by atoms with Gasteiger partial charge in [-0.1, -0.05) is 11.6 Å². The molecule has 0 amide bonds. The number of hydrogen-bond donors (Lipinski definition) is 0. The van der Waals surface area contributed by atoms with Gasteiger partial charge in [-0.15, -0.1) is 0 Å². The van der Waals surface area contributed by atoms with Gasteiger partial charge < -0.3 is 9.30 Å². The number of halogens is 1. The van der Waals surface area contributed by atoms with Crippen molar-refractivity contribution in [1.82, 2.24) is 9.55 Å². The zero-order valence-electron chi connectivity index (χ0n) is 6.66. The van der Waals surface area contributed by atoms with Gasteiger partial charge in [-0.25, -0.2) is 4.98 Å². The first-order valence-corrected chi connectivity index (χ1v) is 3.83. The van der Waals surface area contributed by atoms with Gasteiger partial charge in [-0.2, -0.15) is 0 Å². The van der Waals surface area contributed by atoms with Gasteiger partial charge in [0, 0.05) is 26.0 Å². The molecule has 0 unspecified atom stereocenters. The van der Waals surface area contributed by atoms with Crippen LogP contribution in [0.5, 0.6) is 0 Å². The van der Waals surface area contributed by atoms with Crippen molar-refractivity contribution in [3.8, 4) is 0 Å². The molecule has 0 spiro atoms. The Kier molecular flexibility index (Phi) is 3.25. The molecule has 66 valence electrons. The third kappa shape index (κ3) is 2.06. The molecule has 4 nitrogen and oxygen atoms in total. The number of nitrogens with zero attached hydrogens (tertiary/aromatic N) is 2. The number of aromatic nitrogens is 2. The predicted octanol–water partition coefficient (Wildman–Crippen LogP) is 0.543. The van der Waals surface area contributed by atoms with Gasteiger partial charge in [0.15, 0.2) is 5.15 Å². The lowest BCUT2D eigenvalue weighted by Gasteiger charge is -2.02. The molecule has 1 heterocycles. The molecule has 0 aliphatic rings. The van der Waals surface area contributed by atoms with Crippen molar-refractivity contribution in [2.45, 2.75) is 6.54 Å². The highest BCUT2D eigenvalue weighted by molar-refractivity contribution is 6.29. The second kappa shape index (κ2) is 4.23.